The van der Waals surface area contributed by atoms with Crippen LogP contribution in [0.15, 0.2) is 48.7 Å². The van der Waals surface area contributed by atoms with Gasteiger partial charge < -0.3 is 14.8 Å². The van der Waals surface area contributed by atoms with Crippen LogP contribution in [0.4, 0.5) is 0 Å². The standard InChI is InChI=1S/C16H16N2O4/c1-21-14-8-7-13(9-17-14)16(20)18-10-15(19)22-11-12-5-3-2-4-6-12/h2-9H,10-11H2,1H3,(H,18,20). The summed E-state index contributed by atoms with van der Waals surface area (Å²) >= 11 is 0. The summed E-state index contributed by atoms with van der Waals surface area (Å²) in [5, 5.41) is 2.48. The molecule has 0 aliphatic carbocycles. The van der Waals surface area contributed by atoms with Crippen LogP contribution in [0.2, 0.25) is 0 Å². The lowest BCUT2D eigenvalue weighted by molar-refractivity contribution is -0.143. The van der Waals surface area contributed by atoms with Gasteiger partial charge in [-0.3, -0.25) is 9.59 Å². The maximum absolute atomic E-state index is 11.8. The molecule has 2 aromatic rings. The Morgan fingerprint density at radius 1 is 1.14 bits per heavy atom. The maximum atomic E-state index is 11.8. The second kappa shape index (κ2) is 7.78. The molecule has 1 aromatic carbocycles. The molecule has 0 bridgehead atoms. The summed E-state index contributed by atoms with van der Waals surface area (Å²) in [7, 11) is 1.49. The number of methoxy groups -OCH3 is 1. The number of nitrogens with zero attached hydrogens (tertiary/aromatic N) is 1. The molecule has 0 radical (unpaired) electrons. The van der Waals surface area contributed by atoms with Gasteiger partial charge in [0.1, 0.15) is 13.2 Å². The van der Waals surface area contributed by atoms with Crippen LogP contribution < -0.4 is 10.1 Å². The minimum atomic E-state index is -0.501. The number of rotatable bonds is 6. The van der Waals surface area contributed by atoms with E-state index < -0.39 is 11.9 Å². The molecule has 6 heteroatoms. The van der Waals surface area contributed by atoms with Gasteiger partial charge in [0.15, 0.2) is 0 Å². The van der Waals surface area contributed by atoms with E-state index in [2.05, 4.69) is 10.3 Å². The number of benzene rings is 1. The van der Waals surface area contributed by atoms with E-state index in [1.165, 1.54) is 13.3 Å². The van der Waals surface area contributed by atoms with Crippen molar-refractivity contribution in [3.8, 4) is 5.88 Å². The number of esters is 1. The molecule has 0 spiro atoms. The van der Waals surface area contributed by atoms with E-state index in [0.29, 0.717) is 11.4 Å². The first kappa shape index (κ1) is 15.5. The summed E-state index contributed by atoms with van der Waals surface area (Å²) in [6.07, 6.45) is 1.38. The molecule has 0 saturated heterocycles. The van der Waals surface area contributed by atoms with Gasteiger partial charge in [0, 0.05) is 12.3 Å². The zero-order valence-electron chi connectivity index (χ0n) is 12.1. The van der Waals surface area contributed by atoms with Crippen molar-refractivity contribution in [3.05, 3.63) is 59.8 Å². The van der Waals surface area contributed by atoms with Gasteiger partial charge in [0.25, 0.3) is 5.91 Å². The highest BCUT2D eigenvalue weighted by molar-refractivity contribution is 5.95. The van der Waals surface area contributed by atoms with Crippen LogP contribution >= 0.6 is 0 Å². The first-order valence-electron chi connectivity index (χ1n) is 6.67. The second-order valence-corrected chi connectivity index (χ2v) is 4.42. The number of carbonyl (C=O) groups is 2. The molecule has 1 aromatic heterocycles. The molecule has 0 aliphatic rings. The summed E-state index contributed by atoms with van der Waals surface area (Å²) < 4.78 is 9.97. The number of hydrogen-bond acceptors (Lipinski definition) is 5. The molecule has 1 amide bonds. The van der Waals surface area contributed by atoms with Crippen LogP contribution in [0.3, 0.4) is 0 Å². The van der Waals surface area contributed by atoms with Gasteiger partial charge in [-0.25, -0.2) is 4.98 Å². The largest absolute Gasteiger partial charge is 0.481 e. The van der Waals surface area contributed by atoms with E-state index >= 15 is 0 Å². The summed E-state index contributed by atoms with van der Waals surface area (Å²) in [5.74, 6) is -0.482. The lowest BCUT2D eigenvalue weighted by Gasteiger charge is -2.07. The average Bonchev–Trinajstić information content (AvgIpc) is 2.58. The van der Waals surface area contributed by atoms with Crippen LogP contribution in [0, 0.1) is 0 Å². The number of ether oxygens (including phenoxy) is 2. The first-order valence-corrected chi connectivity index (χ1v) is 6.67. The summed E-state index contributed by atoms with van der Waals surface area (Å²) in [5.41, 5.74) is 1.23. The number of amides is 1. The summed E-state index contributed by atoms with van der Waals surface area (Å²) in [6, 6.07) is 12.5. The highest BCUT2D eigenvalue weighted by atomic mass is 16.5. The fraction of sp³-hybridized carbons (Fsp3) is 0.188. The molecule has 0 unspecified atom stereocenters. The third kappa shape index (κ3) is 4.59. The summed E-state index contributed by atoms with van der Waals surface area (Å²) in [4.78, 5) is 27.3. The molecule has 0 aliphatic heterocycles. The molecule has 0 saturated carbocycles. The number of nitrogens with one attached hydrogen (secondary N) is 1. The number of hydrogen-bond donors (Lipinski definition) is 1. The van der Waals surface area contributed by atoms with Gasteiger partial charge in [-0.15, -0.1) is 0 Å². The van der Waals surface area contributed by atoms with Gasteiger partial charge in [-0.1, -0.05) is 30.3 Å². The van der Waals surface area contributed by atoms with Crippen molar-refractivity contribution >= 4 is 11.9 Å². The van der Waals surface area contributed by atoms with E-state index in [-0.39, 0.29) is 13.2 Å². The highest BCUT2D eigenvalue weighted by Crippen LogP contribution is 2.06. The van der Waals surface area contributed by atoms with Crippen LogP contribution in [0.25, 0.3) is 0 Å². The molecule has 0 atom stereocenters. The van der Waals surface area contributed by atoms with E-state index in [1.54, 1.807) is 12.1 Å². The van der Waals surface area contributed by atoms with Crippen molar-refractivity contribution in [1.29, 1.82) is 0 Å². The van der Waals surface area contributed by atoms with Gasteiger partial charge >= 0.3 is 5.97 Å². The van der Waals surface area contributed by atoms with Crippen LogP contribution in [-0.2, 0) is 16.1 Å². The number of pyridine rings is 1. The Kier molecular flexibility index (Phi) is 5.48. The third-order valence-corrected chi connectivity index (χ3v) is 2.84. The SMILES string of the molecule is COc1ccc(C(=O)NCC(=O)OCc2ccccc2)cn1. The van der Waals surface area contributed by atoms with Gasteiger partial charge in [-0.05, 0) is 11.6 Å². The van der Waals surface area contributed by atoms with E-state index in [9.17, 15) is 9.59 Å². The molecule has 1 N–H and O–H groups in total. The molecule has 114 valence electrons. The number of carbonyl (C=O) groups excluding carboxylic acids is 2. The van der Waals surface area contributed by atoms with Crippen molar-refractivity contribution in [2.45, 2.75) is 6.61 Å². The predicted octanol–water partition coefficient (Wildman–Crippen LogP) is 1.56. The third-order valence-electron chi connectivity index (χ3n) is 2.84. The minimum absolute atomic E-state index is 0.180. The highest BCUT2D eigenvalue weighted by Gasteiger charge is 2.09. The Hall–Kier alpha value is -2.89. The maximum Gasteiger partial charge on any atom is 0.325 e. The quantitative estimate of drug-likeness (QED) is 0.819. The first-order chi connectivity index (χ1) is 10.7. The Labute approximate surface area is 128 Å². The van der Waals surface area contributed by atoms with E-state index in [1.807, 2.05) is 30.3 Å². The molecule has 1 heterocycles. The topological polar surface area (TPSA) is 77.5 Å². The van der Waals surface area contributed by atoms with Crippen LogP contribution in [0.5, 0.6) is 5.88 Å². The Morgan fingerprint density at radius 3 is 2.55 bits per heavy atom. The normalized spacial score (nSPS) is 9.86. The molecule has 6 nitrogen and oxygen atoms in total. The smallest absolute Gasteiger partial charge is 0.325 e. The molecule has 0 fully saturated rings. The van der Waals surface area contributed by atoms with Crippen LogP contribution in [-0.4, -0.2) is 30.5 Å². The number of aromatic nitrogens is 1. The lowest BCUT2D eigenvalue weighted by Crippen LogP contribution is -2.30. The molecular weight excluding hydrogens is 284 g/mol. The van der Waals surface area contributed by atoms with Crippen molar-refractivity contribution in [3.63, 3.8) is 0 Å². The predicted molar refractivity (Wildman–Crippen MR) is 79.4 cm³/mol. The fourth-order valence-electron chi connectivity index (χ4n) is 1.68. The lowest BCUT2D eigenvalue weighted by atomic mass is 10.2. The van der Waals surface area contributed by atoms with Crippen LogP contribution in [0.1, 0.15) is 15.9 Å². The molecular formula is C16H16N2O4. The Balaban J connectivity index is 1.76. The van der Waals surface area contributed by atoms with Gasteiger partial charge in [0.2, 0.25) is 5.88 Å². The Bertz CT molecular complexity index is 626. The summed E-state index contributed by atoms with van der Waals surface area (Å²) in [6.45, 7) is -0.0165. The molecule has 22 heavy (non-hydrogen) atoms. The van der Waals surface area contributed by atoms with Crippen molar-refractivity contribution < 1.29 is 19.1 Å². The van der Waals surface area contributed by atoms with Gasteiger partial charge in [0.05, 0.1) is 12.7 Å². The fourth-order valence-corrected chi connectivity index (χ4v) is 1.68. The van der Waals surface area contributed by atoms with Crippen molar-refractivity contribution in [2.75, 3.05) is 13.7 Å². The zero-order chi connectivity index (χ0) is 15.8. The van der Waals surface area contributed by atoms with E-state index in [0.717, 1.165) is 5.56 Å². The average molecular weight is 300 g/mol. The van der Waals surface area contributed by atoms with E-state index in [4.69, 9.17) is 9.47 Å². The monoisotopic (exact) mass is 300 g/mol. The molecule has 2 rings (SSSR count). The minimum Gasteiger partial charge on any atom is -0.481 e. The van der Waals surface area contributed by atoms with Crippen molar-refractivity contribution in [2.24, 2.45) is 0 Å². The zero-order valence-corrected chi connectivity index (χ0v) is 12.1. The Morgan fingerprint density at radius 2 is 1.91 bits per heavy atom. The second-order valence-electron chi connectivity index (χ2n) is 4.42. The van der Waals surface area contributed by atoms with Gasteiger partial charge in [-0.2, -0.15) is 0 Å². The van der Waals surface area contributed by atoms with Crippen molar-refractivity contribution in [1.82, 2.24) is 10.3 Å².